The van der Waals surface area contributed by atoms with Crippen LogP contribution in [0.4, 0.5) is 15.8 Å². The van der Waals surface area contributed by atoms with E-state index in [4.69, 9.17) is 4.74 Å². The van der Waals surface area contributed by atoms with Gasteiger partial charge in [-0.15, -0.1) is 0 Å². The third kappa shape index (κ3) is 3.51. The number of halogens is 1. The SMILES string of the molecule is Cc1cccc([N+](=O)[O-])c1NC(=O)COc1ccc(F)c2c1C(=O)C[C@H]2C. The fourth-order valence-electron chi connectivity index (χ4n) is 3.23. The van der Waals surface area contributed by atoms with Gasteiger partial charge in [-0.25, -0.2) is 4.39 Å². The van der Waals surface area contributed by atoms with Crippen molar-refractivity contribution in [1.82, 2.24) is 0 Å². The van der Waals surface area contributed by atoms with Gasteiger partial charge < -0.3 is 10.1 Å². The number of rotatable bonds is 5. The van der Waals surface area contributed by atoms with Crippen LogP contribution in [0.3, 0.4) is 0 Å². The standard InChI is InChI=1S/C19H17FN2O5/c1-10-4-3-5-13(22(25)26)19(10)21-16(24)9-27-15-7-6-12(20)17-11(2)8-14(23)18(15)17/h3-7,11H,8-9H2,1-2H3,(H,21,24)/t11-/m1/s1. The quantitative estimate of drug-likeness (QED) is 0.637. The summed E-state index contributed by atoms with van der Waals surface area (Å²) in [5.41, 5.74) is 0.856. The molecule has 2 aromatic rings. The summed E-state index contributed by atoms with van der Waals surface area (Å²) in [5, 5.41) is 13.6. The van der Waals surface area contributed by atoms with E-state index < -0.39 is 23.3 Å². The predicted molar refractivity (Wildman–Crippen MR) is 95.7 cm³/mol. The number of nitro benzene ring substituents is 1. The van der Waals surface area contributed by atoms with E-state index in [1.54, 1.807) is 19.9 Å². The maximum absolute atomic E-state index is 14.0. The number of amides is 1. The zero-order chi connectivity index (χ0) is 19.7. The van der Waals surface area contributed by atoms with Crippen molar-refractivity contribution in [2.75, 3.05) is 11.9 Å². The Hall–Kier alpha value is -3.29. The topological polar surface area (TPSA) is 98.5 Å². The number of para-hydroxylation sites is 1. The van der Waals surface area contributed by atoms with E-state index in [9.17, 15) is 24.1 Å². The number of Topliss-reactive ketones (excluding diaryl/α,β-unsaturated/α-hetero) is 1. The summed E-state index contributed by atoms with van der Waals surface area (Å²) in [6, 6.07) is 6.96. The first-order chi connectivity index (χ1) is 12.8. The van der Waals surface area contributed by atoms with Gasteiger partial charge in [0.1, 0.15) is 17.3 Å². The molecule has 0 aromatic heterocycles. The molecule has 1 aliphatic rings. The number of benzene rings is 2. The first kappa shape index (κ1) is 18.5. The van der Waals surface area contributed by atoms with Gasteiger partial charge in [0.25, 0.3) is 11.6 Å². The summed E-state index contributed by atoms with van der Waals surface area (Å²) in [4.78, 5) is 34.9. The highest BCUT2D eigenvalue weighted by atomic mass is 19.1. The average Bonchev–Trinajstić information content (AvgIpc) is 2.91. The Morgan fingerprint density at radius 1 is 1.37 bits per heavy atom. The number of carbonyl (C=O) groups is 2. The molecule has 8 heteroatoms. The van der Waals surface area contributed by atoms with Gasteiger partial charge in [0, 0.05) is 18.1 Å². The van der Waals surface area contributed by atoms with Crippen molar-refractivity contribution in [2.45, 2.75) is 26.2 Å². The first-order valence-electron chi connectivity index (χ1n) is 8.31. The molecule has 1 atom stereocenters. The average molecular weight is 372 g/mol. The van der Waals surface area contributed by atoms with E-state index in [0.29, 0.717) is 11.1 Å². The summed E-state index contributed by atoms with van der Waals surface area (Å²) in [6.45, 7) is 2.92. The number of hydrogen-bond acceptors (Lipinski definition) is 5. The lowest BCUT2D eigenvalue weighted by atomic mass is 10.0. The van der Waals surface area contributed by atoms with Crippen molar-refractivity contribution >= 4 is 23.1 Å². The van der Waals surface area contributed by atoms with Gasteiger partial charge in [-0.3, -0.25) is 19.7 Å². The molecule has 140 valence electrons. The summed E-state index contributed by atoms with van der Waals surface area (Å²) >= 11 is 0. The third-order valence-electron chi connectivity index (χ3n) is 4.49. The van der Waals surface area contributed by atoms with E-state index in [0.717, 1.165) is 0 Å². The lowest BCUT2D eigenvalue weighted by Gasteiger charge is -2.13. The van der Waals surface area contributed by atoms with Gasteiger partial charge in [0.05, 0.1) is 10.5 Å². The van der Waals surface area contributed by atoms with E-state index in [1.807, 2.05) is 0 Å². The minimum absolute atomic E-state index is 0.0881. The second kappa shape index (κ2) is 7.14. The molecule has 1 aliphatic carbocycles. The van der Waals surface area contributed by atoms with Crippen molar-refractivity contribution in [3.8, 4) is 5.75 Å². The second-order valence-electron chi connectivity index (χ2n) is 6.43. The van der Waals surface area contributed by atoms with Crippen LogP contribution in [0.15, 0.2) is 30.3 Å². The number of hydrogen-bond donors (Lipinski definition) is 1. The number of ketones is 1. The molecular formula is C19H17FN2O5. The molecule has 0 heterocycles. The zero-order valence-electron chi connectivity index (χ0n) is 14.7. The lowest BCUT2D eigenvalue weighted by molar-refractivity contribution is -0.384. The first-order valence-corrected chi connectivity index (χ1v) is 8.31. The minimum Gasteiger partial charge on any atom is -0.483 e. The fraction of sp³-hybridized carbons (Fsp3) is 0.263. The number of nitrogens with zero attached hydrogens (tertiary/aromatic N) is 1. The number of fused-ring (bicyclic) bond motifs is 1. The second-order valence-corrected chi connectivity index (χ2v) is 6.43. The molecule has 0 fully saturated rings. The monoisotopic (exact) mass is 372 g/mol. The Morgan fingerprint density at radius 3 is 2.81 bits per heavy atom. The van der Waals surface area contributed by atoms with Crippen LogP contribution in [-0.4, -0.2) is 23.2 Å². The minimum atomic E-state index is -0.621. The van der Waals surface area contributed by atoms with Crippen molar-refractivity contribution in [2.24, 2.45) is 0 Å². The molecule has 0 spiro atoms. The van der Waals surface area contributed by atoms with Crippen LogP contribution in [0, 0.1) is 22.9 Å². The molecule has 0 unspecified atom stereocenters. The molecule has 2 aromatic carbocycles. The number of carbonyl (C=O) groups excluding carboxylic acids is 2. The molecule has 7 nitrogen and oxygen atoms in total. The third-order valence-corrected chi connectivity index (χ3v) is 4.49. The molecule has 0 saturated heterocycles. The number of anilines is 1. The lowest BCUT2D eigenvalue weighted by Crippen LogP contribution is -2.22. The molecule has 0 aliphatic heterocycles. The van der Waals surface area contributed by atoms with Crippen LogP contribution in [0.2, 0.25) is 0 Å². The highest BCUT2D eigenvalue weighted by Crippen LogP contribution is 2.39. The number of ether oxygens (including phenoxy) is 1. The van der Waals surface area contributed by atoms with Crippen LogP contribution in [-0.2, 0) is 4.79 Å². The van der Waals surface area contributed by atoms with Gasteiger partial charge in [0.2, 0.25) is 0 Å². The molecule has 1 amide bonds. The molecule has 3 rings (SSSR count). The molecule has 1 N–H and O–H groups in total. The molecular weight excluding hydrogens is 355 g/mol. The summed E-state index contributed by atoms with van der Waals surface area (Å²) in [5.74, 6) is -1.45. The summed E-state index contributed by atoms with van der Waals surface area (Å²) < 4.78 is 19.4. The van der Waals surface area contributed by atoms with Crippen LogP contribution in [0.5, 0.6) is 5.75 Å². The maximum atomic E-state index is 14.0. The molecule has 27 heavy (non-hydrogen) atoms. The van der Waals surface area contributed by atoms with Crippen LogP contribution in [0.1, 0.15) is 40.7 Å². The van der Waals surface area contributed by atoms with Gasteiger partial charge in [-0.2, -0.15) is 0 Å². The van der Waals surface area contributed by atoms with E-state index in [-0.39, 0.29) is 40.8 Å². The van der Waals surface area contributed by atoms with Crippen molar-refractivity contribution in [3.05, 3.63) is 63.0 Å². The Labute approximate surface area is 154 Å². The van der Waals surface area contributed by atoms with Gasteiger partial charge >= 0.3 is 0 Å². The van der Waals surface area contributed by atoms with Crippen molar-refractivity contribution in [1.29, 1.82) is 0 Å². The fourth-order valence-corrected chi connectivity index (χ4v) is 3.23. The summed E-state index contributed by atoms with van der Waals surface area (Å²) in [7, 11) is 0. The smallest absolute Gasteiger partial charge is 0.293 e. The van der Waals surface area contributed by atoms with E-state index >= 15 is 0 Å². The molecule has 0 radical (unpaired) electrons. The van der Waals surface area contributed by atoms with E-state index in [2.05, 4.69) is 5.32 Å². The summed E-state index contributed by atoms with van der Waals surface area (Å²) in [6.07, 6.45) is 0.189. The largest absolute Gasteiger partial charge is 0.483 e. The van der Waals surface area contributed by atoms with Gasteiger partial charge in [-0.05, 0) is 30.5 Å². The van der Waals surface area contributed by atoms with Gasteiger partial charge in [0.15, 0.2) is 12.4 Å². The normalized spacial score (nSPS) is 15.4. The Bertz CT molecular complexity index is 957. The van der Waals surface area contributed by atoms with Crippen LogP contribution < -0.4 is 10.1 Å². The maximum Gasteiger partial charge on any atom is 0.293 e. The predicted octanol–water partition coefficient (Wildman–Crippen LogP) is 3.75. The number of aryl methyl sites for hydroxylation is 1. The molecule has 0 saturated carbocycles. The van der Waals surface area contributed by atoms with Crippen LogP contribution >= 0.6 is 0 Å². The van der Waals surface area contributed by atoms with Crippen molar-refractivity contribution in [3.63, 3.8) is 0 Å². The Kier molecular flexibility index (Phi) is 4.89. The van der Waals surface area contributed by atoms with Crippen molar-refractivity contribution < 1.29 is 23.6 Å². The number of nitrogens with one attached hydrogen (secondary N) is 1. The highest BCUT2D eigenvalue weighted by Gasteiger charge is 2.32. The van der Waals surface area contributed by atoms with E-state index in [1.165, 1.54) is 24.3 Å². The Morgan fingerprint density at radius 2 is 2.11 bits per heavy atom. The zero-order valence-corrected chi connectivity index (χ0v) is 14.7. The highest BCUT2D eigenvalue weighted by molar-refractivity contribution is 6.04. The van der Waals surface area contributed by atoms with Gasteiger partial charge in [-0.1, -0.05) is 19.1 Å². The number of nitro groups is 1. The molecule has 0 bridgehead atoms. The van der Waals surface area contributed by atoms with Crippen LogP contribution in [0.25, 0.3) is 0 Å². The Balaban J connectivity index is 1.77.